The number of aromatic nitrogens is 1. The van der Waals surface area contributed by atoms with E-state index in [1.165, 1.54) is 0 Å². The summed E-state index contributed by atoms with van der Waals surface area (Å²) >= 11 is 6.28. The minimum atomic E-state index is -0.409. The van der Waals surface area contributed by atoms with Crippen LogP contribution in [0.5, 0.6) is 5.75 Å². The second kappa shape index (κ2) is 5.25. The van der Waals surface area contributed by atoms with Gasteiger partial charge >= 0.3 is 5.97 Å². The topological polar surface area (TPSA) is 59.2 Å². The summed E-state index contributed by atoms with van der Waals surface area (Å²) in [5.41, 5.74) is 1.60. The van der Waals surface area contributed by atoms with Crippen LogP contribution in [0.3, 0.4) is 0 Å². The number of carbonyl (C=O) groups excluding carboxylic acids is 1. The molecule has 1 aliphatic rings. The Morgan fingerprint density at radius 2 is 1.78 bits per heavy atom. The normalized spacial score (nSPS) is 16.9. The predicted octanol–water partition coefficient (Wildman–Crippen LogP) is 3.62. The molecule has 2 heterocycles. The highest BCUT2D eigenvalue weighted by Crippen LogP contribution is 2.41. The SMILES string of the molecule is O=C1CC(c2ccccc2Cl)c2c(c3ccccc3[nH]c2=O)O1. The molecule has 0 spiro atoms. The van der Waals surface area contributed by atoms with Crippen molar-refractivity contribution in [3.05, 3.63) is 75.0 Å². The van der Waals surface area contributed by atoms with Crippen LogP contribution in [-0.4, -0.2) is 11.0 Å². The molecule has 1 atom stereocenters. The number of hydrogen-bond donors (Lipinski definition) is 1. The summed E-state index contributed by atoms with van der Waals surface area (Å²) in [6, 6.07) is 14.5. The number of para-hydroxylation sites is 1. The van der Waals surface area contributed by atoms with Crippen LogP contribution >= 0.6 is 11.6 Å². The molecule has 5 heteroatoms. The van der Waals surface area contributed by atoms with E-state index < -0.39 is 5.92 Å². The van der Waals surface area contributed by atoms with Gasteiger partial charge in [-0.2, -0.15) is 0 Å². The van der Waals surface area contributed by atoms with Gasteiger partial charge in [-0.3, -0.25) is 9.59 Å². The smallest absolute Gasteiger partial charge is 0.312 e. The van der Waals surface area contributed by atoms with E-state index in [0.29, 0.717) is 27.2 Å². The van der Waals surface area contributed by atoms with Gasteiger partial charge in [0.15, 0.2) is 0 Å². The second-order valence-electron chi connectivity index (χ2n) is 5.49. The average molecular weight is 326 g/mol. The highest BCUT2D eigenvalue weighted by molar-refractivity contribution is 6.31. The molecule has 23 heavy (non-hydrogen) atoms. The van der Waals surface area contributed by atoms with Gasteiger partial charge in [0.25, 0.3) is 5.56 Å². The van der Waals surface area contributed by atoms with Crippen molar-refractivity contribution < 1.29 is 9.53 Å². The fourth-order valence-electron chi connectivity index (χ4n) is 3.10. The van der Waals surface area contributed by atoms with E-state index in [-0.39, 0.29) is 17.9 Å². The van der Waals surface area contributed by atoms with Crippen molar-refractivity contribution in [3.63, 3.8) is 0 Å². The van der Waals surface area contributed by atoms with Crippen LogP contribution in [0.2, 0.25) is 5.02 Å². The van der Waals surface area contributed by atoms with E-state index >= 15 is 0 Å². The van der Waals surface area contributed by atoms with Gasteiger partial charge in [-0.25, -0.2) is 0 Å². The minimum absolute atomic E-state index is 0.0954. The Morgan fingerprint density at radius 1 is 1.04 bits per heavy atom. The molecule has 0 saturated heterocycles. The molecule has 0 fully saturated rings. The van der Waals surface area contributed by atoms with Crippen LogP contribution in [0.1, 0.15) is 23.5 Å². The van der Waals surface area contributed by atoms with Crippen LogP contribution in [0.25, 0.3) is 10.9 Å². The van der Waals surface area contributed by atoms with Gasteiger partial charge in [0, 0.05) is 16.3 Å². The summed E-state index contributed by atoms with van der Waals surface area (Å²) in [6.45, 7) is 0. The molecule has 1 aromatic heterocycles. The van der Waals surface area contributed by atoms with Gasteiger partial charge in [0.2, 0.25) is 0 Å². The van der Waals surface area contributed by atoms with Crippen LogP contribution in [-0.2, 0) is 4.79 Å². The van der Waals surface area contributed by atoms with Crippen molar-refractivity contribution in [1.82, 2.24) is 4.98 Å². The first-order chi connectivity index (χ1) is 11.1. The summed E-state index contributed by atoms with van der Waals surface area (Å²) in [6.07, 6.45) is 0.0954. The van der Waals surface area contributed by atoms with Crippen molar-refractivity contribution in [2.45, 2.75) is 12.3 Å². The van der Waals surface area contributed by atoms with Crippen LogP contribution in [0.15, 0.2) is 53.3 Å². The molecule has 0 saturated carbocycles. The van der Waals surface area contributed by atoms with E-state index in [1.54, 1.807) is 12.1 Å². The second-order valence-corrected chi connectivity index (χ2v) is 5.90. The van der Waals surface area contributed by atoms with Gasteiger partial charge < -0.3 is 9.72 Å². The van der Waals surface area contributed by atoms with Crippen LogP contribution < -0.4 is 10.3 Å². The number of hydrogen-bond acceptors (Lipinski definition) is 3. The van der Waals surface area contributed by atoms with Crippen LogP contribution in [0.4, 0.5) is 0 Å². The highest BCUT2D eigenvalue weighted by atomic mass is 35.5. The largest absolute Gasteiger partial charge is 0.425 e. The zero-order valence-electron chi connectivity index (χ0n) is 12.0. The minimum Gasteiger partial charge on any atom is -0.425 e. The molecule has 0 amide bonds. The number of carbonyl (C=O) groups is 1. The summed E-state index contributed by atoms with van der Waals surface area (Å²) < 4.78 is 5.42. The Morgan fingerprint density at radius 3 is 2.61 bits per heavy atom. The fourth-order valence-corrected chi connectivity index (χ4v) is 3.37. The highest BCUT2D eigenvalue weighted by Gasteiger charge is 2.33. The van der Waals surface area contributed by atoms with E-state index in [1.807, 2.05) is 36.4 Å². The molecule has 4 rings (SSSR count). The Labute approximate surface area is 136 Å². The maximum atomic E-state index is 12.6. The summed E-state index contributed by atoms with van der Waals surface area (Å²) in [7, 11) is 0. The first kappa shape index (κ1) is 14.0. The molecule has 1 N–H and O–H groups in total. The molecule has 4 nitrogen and oxygen atoms in total. The number of rotatable bonds is 1. The lowest BCUT2D eigenvalue weighted by molar-refractivity contribution is -0.135. The quantitative estimate of drug-likeness (QED) is 0.695. The third-order valence-corrected chi connectivity index (χ3v) is 4.47. The molecule has 1 aliphatic heterocycles. The maximum Gasteiger partial charge on any atom is 0.312 e. The number of nitrogens with one attached hydrogen (secondary N) is 1. The fraction of sp³-hybridized carbons (Fsp3) is 0.111. The summed E-state index contributed by atoms with van der Waals surface area (Å²) in [5, 5.41) is 1.25. The van der Waals surface area contributed by atoms with Crippen molar-refractivity contribution in [2.24, 2.45) is 0 Å². The third kappa shape index (κ3) is 2.23. The molecule has 114 valence electrons. The zero-order valence-corrected chi connectivity index (χ0v) is 12.8. The van der Waals surface area contributed by atoms with Gasteiger partial charge in [-0.1, -0.05) is 41.9 Å². The van der Waals surface area contributed by atoms with Crippen molar-refractivity contribution in [2.75, 3.05) is 0 Å². The number of fused-ring (bicyclic) bond motifs is 3. The summed E-state index contributed by atoms with van der Waals surface area (Å²) in [4.78, 5) is 27.5. The van der Waals surface area contributed by atoms with E-state index in [4.69, 9.17) is 16.3 Å². The third-order valence-electron chi connectivity index (χ3n) is 4.12. The number of ether oxygens (including phenoxy) is 1. The molecular formula is C18H12ClNO3. The van der Waals surface area contributed by atoms with Crippen molar-refractivity contribution in [3.8, 4) is 5.75 Å². The first-order valence-electron chi connectivity index (χ1n) is 7.25. The number of benzene rings is 2. The number of H-pyrrole nitrogens is 1. The maximum absolute atomic E-state index is 12.6. The van der Waals surface area contributed by atoms with E-state index in [9.17, 15) is 9.59 Å². The van der Waals surface area contributed by atoms with Gasteiger partial charge in [-0.15, -0.1) is 0 Å². The molecular weight excluding hydrogens is 314 g/mol. The molecule has 3 aromatic rings. The van der Waals surface area contributed by atoms with Crippen LogP contribution in [0, 0.1) is 0 Å². The molecule has 2 aromatic carbocycles. The number of aromatic amines is 1. The van der Waals surface area contributed by atoms with Crippen molar-refractivity contribution >= 4 is 28.5 Å². The first-order valence-corrected chi connectivity index (χ1v) is 7.63. The van der Waals surface area contributed by atoms with E-state index in [0.717, 1.165) is 5.56 Å². The Balaban J connectivity index is 2.05. The zero-order chi connectivity index (χ0) is 16.0. The molecule has 0 aliphatic carbocycles. The van der Waals surface area contributed by atoms with E-state index in [2.05, 4.69) is 4.98 Å². The molecule has 0 radical (unpaired) electrons. The standard InChI is InChI=1S/C18H12ClNO3/c19-13-7-3-1-5-10(13)12-9-15(21)23-17-11-6-2-4-8-14(11)20-18(22)16(12)17/h1-8,12H,9H2,(H,20,22). The molecule has 1 unspecified atom stereocenters. The lowest BCUT2D eigenvalue weighted by Crippen LogP contribution is -2.28. The predicted molar refractivity (Wildman–Crippen MR) is 88.1 cm³/mol. The van der Waals surface area contributed by atoms with Crippen molar-refractivity contribution in [1.29, 1.82) is 0 Å². The molecule has 0 bridgehead atoms. The number of halogens is 1. The van der Waals surface area contributed by atoms with Gasteiger partial charge in [0.05, 0.1) is 17.5 Å². The lowest BCUT2D eigenvalue weighted by Gasteiger charge is -2.25. The van der Waals surface area contributed by atoms with Gasteiger partial charge in [0.1, 0.15) is 5.75 Å². The number of pyridine rings is 1. The van der Waals surface area contributed by atoms with Gasteiger partial charge in [-0.05, 0) is 23.8 Å². The Bertz CT molecular complexity index is 993. The lowest BCUT2D eigenvalue weighted by atomic mass is 9.86. The number of esters is 1. The Hall–Kier alpha value is -2.59. The summed E-state index contributed by atoms with van der Waals surface area (Å²) in [5.74, 6) is -0.433. The monoisotopic (exact) mass is 325 g/mol. The Kier molecular flexibility index (Phi) is 3.20. The average Bonchev–Trinajstić information content (AvgIpc) is 2.54.